The van der Waals surface area contributed by atoms with Crippen molar-refractivity contribution < 1.29 is 13.6 Å². The van der Waals surface area contributed by atoms with Crippen LogP contribution in [0.25, 0.3) is 0 Å². The molecule has 0 N–H and O–H groups in total. The molecule has 1 aromatic heterocycles. The summed E-state index contributed by atoms with van der Waals surface area (Å²) in [5, 5.41) is -0.502. The molecule has 14 heavy (non-hydrogen) atoms. The van der Waals surface area contributed by atoms with Crippen molar-refractivity contribution >= 4 is 32.8 Å². The Hall–Kier alpha value is -0.550. The Morgan fingerprint density at radius 2 is 2.29 bits per heavy atom. The molecule has 1 heterocycles. The molecule has 0 bridgehead atoms. The highest BCUT2D eigenvalue weighted by Crippen LogP contribution is 2.23. The number of hydrogen-bond donors (Lipinski definition) is 0. The molecule has 0 atom stereocenters. The minimum Gasteiger partial charge on any atom is -0.276 e. The quantitative estimate of drug-likeness (QED) is 0.630. The fourth-order valence-electron chi connectivity index (χ4n) is 0.932. The van der Waals surface area contributed by atoms with Gasteiger partial charge >= 0.3 is 0 Å². The molecule has 0 aromatic carbocycles. The Morgan fingerprint density at radius 3 is 2.71 bits per heavy atom. The summed E-state index contributed by atoms with van der Waals surface area (Å²) in [5.41, 5.74) is 0.0561. The third kappa shape index (κ3) is 2.48. The van der Waals surface area contributed by atoms with Crippen LogP contribution in [-0.2, 0) is 5.33 Å². The van der Waals surface area contributed by atoms with Gasteiger partial charge in [0.1, 0.15) is 5.69 Å². The van der Waals surface area contributed by atoms with Crippen LogP contribution < -0.4 is 0 Å². The minimum absolute atomic E-state index is 0.116. The molecule has 76 valence electrons. The van der Waals surface area contributed by atoms with Crippen molar-refractivity contribution in [2.75, 3.05) is 0 Å². The molecule has 0 aliphatic heterocycles. The monoisotopic (exact) mass is 283 g/mol. The van der Waals surface area contributed by atoms with Crippen LogP contribution in [0.5, 0.6) is 0 Å². The van der Waals surface area contributed by atoms with Crippen molar-refractivity contribution in [3.05, 3.63) is 29.1 Å². The Kier molecular flexibility index (Phi) is 3.95. The molecule has 0 aliphatic carbocycles. The van der Waals surface area contributed by atoms with Gasteiger partial charge in [0.15, 0.2) is 0 Å². The summed E-state index contributed by atoms with van der Waals surface area (Å²) >= 11 is 8.21. The Bertz CT molecular complexity index is 359. The molecule has 0 radical (unpaired) electrons. The summed E-state index contributed by atoms with van der Waals surface area (Å²) in [7, 11) is 0. The summed E-state index contributed by atoms with van der Waals surface area (Å²) in [6.45, 7) is 0. The fraction of sp³-hybridized carbons (Fsp3) is 0.250. The zero-order chi connectivity index (χ0) is 10.7. The van der Waals surface area contributed by atoms with Crippen LogP contribution in [0.4, 0.5) is 8.78 Å². The highest BCUT2D eigenvalue weighted by Gasteiger charge is 2.15. The molecule has 2 nitrogen and oxygen atoms in total. The van der Waals surface area contributed by atoms with Crippen LogP contribution in [0.3, 0.4) is 0 Å². The number of aromatic nitrogens is 1. The Labute approximate surface area is 92.4 Å². The number of alkyl halides is 3. The van der Waals surface area contributed by atoms with Gasteiger partial charge in [0.2, 0.25) is 0 Å². The first-order valence-corrected chi connectivity index (χ1v) is 5.09. The van der Waals surface area contributed by atoms with E-state index >= 15 is 0 Å². The van der Waals surface area contributed by atoms with Gasteiger partial charge in [0.05, 0.1) is 5.56 Å². The van der Waals surface area contributed by atoms with E-state index in [0.717, 1.165) is 6.20 Å². The molecule has 0 fully saturated rings. The molecule has 1 rings (SSSR count). The number of hydrogen-bond acceptors (Lipinski definition) is 2. The maximum atomic E-state index is 12.3. The second kappa shape index (κ2) is 4.79. The van der Waals surface area contributed by atoms with Crippen molar-refractivity contribution in [3.8, 4) is 0 Å². The van der Waals surface area contributed by atoms with Crippen LogP contribution in [0.15, 0.2) is 12.3 Å². The highest BCUT2D eigenvalue weighted by molar-refractivity contribution is 9.08. The minimum atomic E-state index is -2.65. The number of nitrogens with zero attached hydrogens (tertiary/aromatic N) is 1. The number of pyridine rings is 1. The first-order chi connectivity index (χ1) is 6.56. The van der Waals surface area contributed by atoms with Crippen molar-refractivity contribution in [1.82, 2.24) is 4.98 Å². The molecule has 6 heteroatoms. The molecule has 0 spiro atoms. The summed E-state index contributed by atoms with van der Waals surface area (Å²) in [4.78, 5) is 14.2. The lowest BCUT2D eigenvalue weighted by atomic mass is 10.1. The smallest absolute Gasteiger partial charge is 0.276 e. The standard InChI is InChI=1S/C8H5BrClF2NO/c9-2-4-1-5(7(10)14)3-13-6(4)8(11)12/h1,3,8H,2H2. The molecular formula is C8H5BrClF2NO. The van der Waals surface area contributed by atoms with Gasteiger partial charge in [-0.05, 0) is 23.2 Å². The van der Waals surface area contributed by atoms with E-state index in [9.17, 15) is 13.6 Å². The molecule has 0 saturated carbocycles. The summed E-state index contributed by atoms with van der Waals surface area (Å²) in [6.07, 6.45) is -1.61. The van der Waals surface area contributed by atoms with Crippen LogP contribution >= 0.6 is 27.5 Å². The van der Waals surface area contributed by atoms with Crippen molar-refractivity contribution in [1.29, 1.82) is 0 Å². The number of carbonyl (C=O) groups excluding carboxylic acids is 1. The average molecular weight is 284 g/mol. The zero-order valence-corrected chi connectivity index (χ0v) is 9.15. The zero-order valence-electron chi connectivity index (χ0n) is 6.81. The van der Waals surface area contributed by atoms with Crippen LogP contribution in [0.2, 0.25) is 0 Å². The maximum absolute atomic E-state index is 12.3. The number of carbonyl (C=O) groups is 1. The van der Waals surface area contributed by atoms with Gasteiger partial charge in [-0.2, -0.15) is 0 Å². The van der Waals surface area contributed by atoms with E-state index in [0.29, 0.717) is 0 Å². The SMILES string of the molecule is O=C(Cl)c1cnc(C(F)F)c(CBr)c1. The molecule has 0 aliphatic rings. The summed E-state index contributed by atoms with van der Waals surface area (Å²) in [6, 6.07) is 1.30. The first-order valence-electron chi connectivity index (χ1n) is 3.59. The van der Waals surface area contributed by atoms with Gasteiger partial charge in [0.25, 0.3) is 11.7 Å². The Morgan fingerprint density at radius 1 is 1.64 bits per heavy atom. The van der Waals surface area contributed by atoms with Gasteiger partial charge < -0.3 is 0 Å². The second-order valence-electron chi connectivity index (χ2n) is 2.48. The topological polar surface area (TPSA) is 30.0 Å². The van der Waals surface area contributed by atoms with E-state index in [-0.39, 0.29) is 22.2 Å². The van der Waals surface area contributed by atoms with Gasteiger partial charge in [-0.1, -0.05) is 15.9 Å². The average Bonchev–Trinajstić information content (AvgIpc) is 2.16. The van der Waals surface area contributed by atoms with E-state index in [4.69, 9.17) is 11.6 Å². The van der Waals surface area contributed by atoms with Crippen LogP contribution in [-0.4, -0.2) is 10.2 Å². The van der Waals surface area contributed by atoms with E-state index in [2.05, 4.69) is 20.9 Å². The predicted octanol–water partition coefficient (Wildman–Crippen LogP) is 3.29. The Balaban J connectivity index is 3.18. The lowest BCUT2D eigenvalue weighted by Crippen LogP contribution is -2.00. The van der Waals surface area contributed by atoms with E-state index in [1.54, 1.807) is 0 Å². The lowest BCUT2D eigenvalue weighted by Gasteiger charge is -2.05. The number of rotatable bonds is 3. The molecule has 0 unspecified atom stereocenters. The van der Waals surface area contributed by atoms with Crippen LogP contribution in [0, 0.1) is 0 Å². The normalized spacial score (nSPS) is 10.6. The van der Waals surface area contributed by atoms with Gasteiger partial charge in [-0.15, -0.1) is 0 Å². The maximum Gasteiger partial charge on any atom is 0.280 e. The predicted molar refractivity (Wildman–Crippen MR) is 52.0 cm³/mol. The molecular weight excluding hydrogens is 279 g/mol. The lowest BCUT2D eigenvalue weighted by molar-refractivity contribution is 0.107. The third-order valence-electron chi connectivity index (χ3n) is 1.58. The highest BCUT2D eigenvalue weighted by atomic mass is 79.9. The summed E-state index contributed by atoms with van der Waals surface area (Å²) < 4.78 is 24.7. The van der Waals surface area contributed by atoms with E-state index in [1.165, 1.54) is 6.07 Å². The van der Waals surface area contributed by atoms with Gasteiger partial charge in [-0.3, -0.25) is 9.78 Å². The van der Waals surface area contributed by atoms with E-state index < -0.39 is 11.7 Å². The van der Waals surface area contributed by atoms with E-state index in [1.807, 2.05) is 0 Å². The van der Waals surface area contributed by atoms with Gasteiger partial charge in [0, 0.05) is 11.5 Å². The van der Waals surface area contributed by atoms with Crippen molar-refractivity contribution in [2.45, 2.75) is 11.8 Å². The first kappa shape index (κ1) is 11.5. The van der Waals surface area contributed by atoms with Crippen molar-refractivity contribution in [2.24, 2.45) is 0 Å². The largest absolute Gasteiger partial charge is 0.280 e. The van der Waals surface area contributed by atoms with Gasteiger partial charge in [-0.25, -0.2) is 8.78 Å². The molecule has 1 aromatic rings. The van der Waals surface area contributed by atoms with Crippen LogP contribution in [0.1, 0.15) is 28.0 Å². The molecule has 0 amide bonds. The fourth-order valence-corrected chi connectivity index (χ4v) is 1.48. The summed E-state index contributed by atoms with van der Waals surface area (Å²) in [5.74, 6) is 0. The number of halogens is 4. The third-order valence-corrected chi connectivity index (χ3v) is 2.40. The van der Waals surface area contributed by atoms with Crippen molar-refractivity contribution in [3.63, 3.8) is 0 Å². The second-order valence-corrected chi connectivity index (χ2v) is 3.38. The molecule has 0 saturated heterocycles.